The van der Waals surface area contributed by atoms with Crippen LogP contribution in [0.25, 0.3) is 27.4 Å². The lowest BCUT2D eigenvalue weighted by atomic mass is 9.99. The second-order valence-electron chi connectivity index (χ2n) is 16.4. The van der Waals surface area contributed by atoms with Crippen molar-refractivity contribution in [2.45, 2.75) is 64.1 Å². The zero-order valence-electron chi connectivity index (χ0n) is 35.9. The van der Waals surface area contributed by atoms with Crippen LogP contribution in [-0.4, -0.2) is 140 Å². The van der Waals surface area contributed by atoms with Crippen LogP contribution in [0.1, 0.15) is 52.1 Å². The van der Waals surface area contributed by atoms with Crippen molar-refractivity contribution in [2.75, 3.05) is 57.9 Å². The molecule has 3 saturated heterocycles. The van der Waals surface area contributed by atoms with Crippen molar-refractivity contribution in [1.82, 2.24) is 44.9 Å². The summed E-state index contributed by atoms with van der Waals surface area (Å²) in [6.07, 6.45) is -1.77. The number of pyridine rings is 2. The number of hydrogen-bond donors (Lipinski definition) is 3. The number of piperazine rings is 1. The number of fused-ring (bicyclic) bond motifs is 5. The molecule has 65 heavy (non-hydrogen) atoms. The number of aromatic amines is 1. The number of nitrogens with one attached hydrogen (secondary N) is 2. The van der Waals surface area contributed by atoms with Crippen molar-refractivity contribution >= 4 is 69.0 Å². The zero-order chi connectivity index (χ0) is 45.1. The van der Waals surface area contributed by atoms with Gasteiger partial charge in [-0.2, -0.15) is 9.97 Å². The molecule has 0 aliphatic carbocycles. The third-order valence-corrected chi connectivity index (χ3v) is 14.0. The number of carbonyl (C=O) groups is 2. The summed E-state index contributed by atoms with van der Waals surface area (Å²) < 4.78 is 25.1. The van der Waals surface area contributed by atoms with Gasteiger partial charge in [0, 0.05) is 60.2 Å². The van der Waals surface area contributed by atoms with Gasteiger partial charge < -0.3 is 44.2 Å². The lowest BCUT2D eigenvalue weighted by Crippen LogP contribution is -2.49. The standard InChI is InChI=1S/C44H45Cl2N11O7S/c1-21-22(2)65-43-35(21)36(24-5-7-25(45)8-6-24)48-29(41-54-53-23(3)57(41)43)18-33(59)47-12-11-34(60)56-15-13-55(14-16-56)32-10-9-26(42(50-32)61-4)37-27(46)17-28-40(51-37)52-44(49-28)64-31-20-63-38-30(58)19-62-39(31)38/h5-10,17,29-31,38-39,58H,11-16,18-20H2,1-4H3,(H,47,59)(H,49,51,52)/t29-,30+,31+,38+,39+/m0/s1. The number of amides is 2. The first-order valence-electron chi connectivity index (χ1n) is 21.3. The highest BCUT2D eigenvalue weighted by molar-refractivity contribution is 7.15. The van der Waals surface area contributed by atoms with Gasteiger partial charge in [-0.15, -0.1) is 21.5 Å². The SMILES string of the molecule is COc1nc(N2CCN(C(=O)CCNC(=O)C[C@@H]3N=C(c4ccc(Cl)cc4)c4c(sc(C)c4C)-n4c(C)nnc43)CC2)ccc1-c1nc2nc(O[C@@H]3CO[C@H]4[C@@H]3OC[C@H]4O)[nH]c2cc1Cl. The van der Waals surface area contributed by atoms with Gasteiger partial charge in [0.15, 0.2) is 17.6 Å². The lowest BCUT2D eigenvalue weighted by Gasteiger charge is -2.35. The number of aliphatic imine (C=N–C) groups is 1. The molecule has 4 aliphatic heterocycles. The first-order valence-corrected chi connectivity index (χ1v) is 22.9. The summed E-state index contributed by atoms with van der Waals surface area (Å²) in [6.45, 7) is 8.77. The van der Waals surface area contributed by atoms with Crippen LogP contribution in [0.4, 0.5) is 5.82 Å². The van der Waals surface area contributed by atoms with Crippen molar-refractivity contribution in [1.29, 1.82) is 0 Å². The van der Waals surface area contributed by atoms with Crippen LogP contribution in [0.15, 0.2) is 47.5 Å². The molecule has 5 atom stereocenters. The Hall–Kier alpha value is -5.70. The number of anilines is 1. The zero-order valence-corrected chi connectivity index (χ0v) is 38.2. The Morgan fingerprint density at radius 3 is 2.55 bits per heavy atom. The molecule has 0 bridgehead atoms. The van der Waals surface area contributed by atoms with Gasteiger partial charge in [0.25, 0.3) is 6.01 Å². The van der Waals surface area contributed by atoms with Crippen molar-refractivity contribution < 1.29 is 33.6 Å². The average molecular weight is 943 g/mol. The summed E-state index contributed by atoms with van der Waals surface area (Å²) >= 11 is 14.7. The summed E-state index contributed by atoms with van der Waals surface area (Å²) in [6, 6.07) is 12.6. The number of aryl methyl sites for hydroxylation is 2. The molecule has 3 N–H and O–H groups in total. The quantitative estimate of drug-likeness (QED) is 0.158. The van der Waals surface area contributed by atoms with E-state index in [1.54, 1.807) is 22.3 Å². The Balaban J connectivity index is 0.753. The molecule has 0 radical (unpaired) electrons. The Bertz CT molecular complexity index is 2840. The van der Waals surface area contributed by atoms with Crippen molar-refractivity contribution in [3.8, 4) is 28.1 Å². The average Bonchev–Trinajstić information content (AvgIpc) is 4.12. The normalized spacial score (nSPS) is 21.5. The van der Waals surface area contributed by atoms with Crippen LogP contribution >= 0.6 is 34.5 Å². The number of methoxy groups -OCH3 is 1. The van der Waals surface area contributed by atoms with Crippen LogP contribution in [-0.2, 0) is 19.1 Å². The number of thiophene rings is 1. The largest absolute Gasteiger partial charge is 0.480 e. The Morgan fingerprint density at radius 1 is 0.985 bits per heavy atom. The predicted molar refractivity (Wildman–Crippen MR) is 243 cm³/mol. The molecule has 9 heterocycles. The fourth-order valence-corrected chi connectivity index (χ4v) is 10.4. The van der Waals surface area contributed by atoms with E-state index in [4.69, 9.17) is 57.1 Å². The van der Waals surface area contributed by atoms with E-state index in [1.165, 1.54) is 7.11 Å². The third kappa shape index (κ3) is 8.18. The summed E-state index contributed by atoms with van der Waals surface area (Å²) in [7, 11) is 1.54. The minimum absolute atomic E-state index is 0.0283. The monoisotopic (exact) mass is 941 g/mol. The van der Waals surface area contributed by atoms with E-state index in [0.717, 1.165) is 32.3 Å². The molecule has 4 aliphatic rings. The van der Waals surface area contributed by atoms with E-state index in [9.17, 15) is 14.7 Å². The first kappa shape index (κ1) is 43.2. The smallest absolute Gasteiger partial charge is 0.296 e. The van der Waals surface area contributed by atoms with Crippen molar-refractivity contribution in [2.24, 2.45) is 4.99 Å². The van der Waals surface area contributed by atoms with Gasteiger partial charge in [-0.05, 0) is 56.7 Å². The molecule has 338 valence electrons. The van der Waals surface area contributed by atoms with Gasteiger partial charge in [0.05, 0.1) is 54.3 Å². The second kappa shape index (κ2) is 17.6. The number of imidazole rings is 1. The highest BCUT2D eigenvalue weighted by Crippen LogP contribution is 2.40. The number of aromatic nitrogens is 7. The number of nitrogens with zero attached hydrogens (tertiary/aromatic N) is 9. The van der Waals surface area contributed by atoms with E-state index in [1.807, 2.05) is 47.9 Å². The van der Waals surface area contributed by atoms with E-state index in [0.29, 0.717) is 82.0 Å². The minimum Gasteiger partial charge on any atom is -0.480 e. The number of rotatable bonds is 11. The fraction of sp³-hybridized carbons (Fsp3) is 0.409. The molecule has 3 fully saturated rings. The molecule has 21 heteroatoms. The molecule has 0 saturated carbocycles. The summed E-state index contributed by atoms with van der Waals surface area (Å²) in [5.74, 6) is 2.02. The van der Waals surface area contributed by atoms with Crippen LogP contribution < -0.4 is 19.7 Å². The van der Waals surface area contributed by atoms with Gasteiger partial charge in [-0.3, -0.25) is 19.1 Å². The number of ether oxygens (including phenoxy) is 4. The van der Waals surface area contributed by atoms with Gasteiger partial charge in [0.1, 0.15) is 41.0 Å². The third-order valence-electron chi connectivity index (χ3n) is 12.3. The van der Waals surface area contributed by atoms with Crippen LogP contribution in [0.3, 0.4) is 0 Å². The van der Waals surface area contributed by atoms with Crippen LogP contribution in [0.2, 0.25) is 10.0 Å². The summed E-state index contributed by atoms with van der Waals surface area (Å²) in [5.41, 5.74) is 5.74. The van der Waals surface area contributed by atoms with Gasteiger partial charge in [-0.25, -0.2) is 4.98 Å². The van der Waals surface area contributed by atoms with Gasteiger partial charge in [-0.1, -0.05) is 35.3 Å². The number of aliphatic hydroxyl groups is 1. The lowest BCUT2D eigenvalue weighted by molar-refractivity contribution is -0.131. The van der Waals surface area contributed by atoms with Crippen LogP contribution in [0, 0.1) is 20.8 Å². The predicted octanol–water partition coefficient (Wildman–Crippen LogP) is 4.95. The number of hydrogen-bond acceptors (Lipinski definition) is 15. The second-order valence-corrected chi connectivity index (χ2v) is 18.4. The van der Waals surface area contributed by atoms with Crippen molar-refractivity contribution in [3.05, 3.63) is 85.7 Å². The van der Waals surface area contributed by atoms with Crippen molar-refractivity contribution in [3.63, 3.8) is 0 Å². The molecular formula is C44H45Cl2N11O7S. The molecular weight excluding hydrogens is 898 g/mol. The summed E-state index contributed by atoms with van der Waals surface area (Å²) in [5, 5.41) is 23.9. The molecule has 0 unspecified atom stereocenters. The number of benzene rings is 1. The van der Waals surface area contributed by atoms with E-state index in [-0.39, 0.29) is 50.4 Å². The molecule has 0 spiro atoms. The fourth-order valence-electron chi connectivity index (χ4n) is 8.80. The Morgan fingerprint density at radius 2 is 1.77 bits per heavy atom. The van der Waals surface area contributed by atoms with E-state index >= 15 is 0 Å². The Labute approximate surface area is 386 Å². The first-order chi connectivity index (χ1) is 31.4. The maximum absolute atomic E-state index is 13.5. The molecule has 1 aromatic carbocycles. The molecule has 10 rings (SSSR count). The van der Waals surface area contributed by atoms with E-state index in [2.05, 4.69) is 44.2 Å². The number of H-pyrrole nitrogens is 1. The number of halogens is 2. The summed E-state index contributed by atoms with van der Waals surface area (Å²) in [4.78, 5) is 54.3. The molecule has 5 aromatic heterocycles. The number of aliphatic hydroxyl groups excluding tert-OH is 1. The van der Waals surface area contributed by atoms with Gasteiger partial charge in [0.2, 0.25) is 17.7 Å². The molecule has 18 nitrogen and oxygen atoms in total. The highest BCUT2D eigenvalue weighted by Gasteiger charge is 2.48. The topological polar surface area (TPSA) is 207 Å². The highest BCUT2D eigenvalue weighted by atomic mass is 35.5. The molecule has 2 amide bonds. The number of carbonyl (C=O) groups excluding carboxylic acids is 2. The maximum Gasteiger partial charge on any atom is 0.296 e. The Kier molecular flexibility index (Phi) is 11.7. The minimum atomic E-state index is -0.688. The van der Waals surface area contributed by atoms with Gasteiger partial charge >= 0.3 is 0 Å². The van der Waals surface area contributed by atoms with E-state index < -0.39 is 30.5 Å². The van der Waals surface area contributed by atoms with Crippen LogP contribution in [0.5, 0.6) is 11.9 Å². The molecule has 6 aromatic rings. The maximum atomic E-state index is 13.5.